The molecule has 0 radical (unpaired) electrons. The van der Waals surface area contributed by atoms with Crippen LogP contribution in [0.25, 0.3) is 0 Å². The summed E-state index contributed by atoms with van der Waals surface area (Å²) < 4.78 is 2.04. The van der Waals surface area contributed by atoms with E-state index in [1.54, 1.807) is 0 Å². The number of hydrogen-bond donors (Lipinski definition) is 2. The molecule has 1 aliphatic carbocycles. The number of nitrogens with two attached hydrogens (primary N) is 1. The van der Waals surface area contributed by atoms with Gasteiger partial charge in [-0.05, 0) is 25.7 Å². The fraction of sp³-hybridized carbons (Fsp3) is 0.800. The third-order valence-electron chi connectivity index (χ3n) is 3.27. The minimum atomic E-state index is 0.387. The van der Waals surface area contributed by atoms with Crippen molar-refractivity contribution in [3.05, 3.63) is 5.82 Å². The van der Waals surface area contributed by atoms with E-state index < -0.39 is 0 Å². The largest absolute Gasteiger partial charge is 0.357 e. The van der Waals surface area contributed by atoms with Crippen LogP contribution in [0.5, 0.6) is 0 Å². The molecule has 0 bridgehead atoms. The lowest BCUT2D eigenvalue weighted by atomic mass is 9.86. The zero-order valence-electron chi connectivity index (χ0n) is 9.40. The zero-order valence-corrected chi connectivity index (χ0v) is 9.40. The van der Waals surface area contributed by atoms with E-state index >= 15 is 0 Å². The monoisotopic (exact) mass is 209 g/mol. The molecule has 1 fully saturated rings. The van der Waals surface area contributed by atoms with Crippen LogP contribution < -0.4 is 11.1 Å². The molecule has 0 saturated heterocycles. The second kappa shape index (κ2) is 4.18. The predicted octanol–water partition coefficient (Wildman–Crippen LogP) is 0.842. The summed E-state index contributed by atoms with van der Waals surface area (Å²) in [7, 11) is 3.88. The van der Waals surface area contributed by atoms with E-state index in [4.69, 9.17) is 5.73 Å². The smallest absolute Gasteiger partial charge is 0.224 e. The molecule has 1 aromatic heterocycles. The Morgan fingerprint density at radius 3 is 2.47 bits per heavy atom. The number of aromatic nitrogens is 3. The molecule has 0 amide bonds. The first-order valence-corrected chi connectivity index (χ1v) is 5.55. The summed E-state index contributed by atoms with van der Waals surface area (Å²) in [5.74, 6) is 2.45. The predicted molar refractivity (Wildman–Crippen MR) is 59.7 cm³/mol. The van der Waals surface area contributed by atoms with Crippen LogP contribution in [0.2, 0.25) is 0 Å². The molecule has 0 atom stereocenters. The molecule has 1 saturated carbocycles. The molecule has 84 valence electrons. The van der Waals surface area contributed by atoms with E-state index in [-0.39, 0.29) is 0 Å². The Balaban J connectivity index is 2.12. The molecule has 0 aromatic carbocycles. The summed E-state index contributed by atoms with van der Waals surface area (Å²) in [6.07, 6.45) is 4.48. The van der Waals surface area contributed by atoms with Gasteiger partial charge in [-0.15, -0.1) is 10.2 Å². The molecule has 2 rings (SSSR count). The van der Waals surface area contributed by atoms with Gasteiger partial charge in [-0.25, -0.2) is 0 Å². The number of nitrogens with one attached hydrogen (secondary N) is 1. The van der Waals surface area contributed by atoms with Gasteiger partial charge in [0.1, 0.15) is 5.82 Å². The first-order valence-electron chi connectivity index (χ1n) is 5.55. The fourth-order valence-corrected chi connectivity index (χ4v) is 2.29. The number of nitrogens with zero attached hydrogens (tertiary/aromatic N) is 3. The Hall–Kier alpha value is -1.10. The lowest BCUT2D eigenvalue weighted by molar-refractivity contribution is 0.379. The average Bonchev–Trinajstić information content (AvgIpc) is 2.61. The summed E-state index contributed by atoms with van der Waals surface area (Å²) in [6.45, 7) is 0. The van der Waals surface area contributed by atoms with Gasteiger partial charge in [0.15, 0.2) is 0 Å². The lowest BCUT2D eigenvalue weighted by Gasteiger charge is -2.25. The summed E-state index contributed by atoms with van der Waals surface area (Å²) in [5, 5.41) is 11.4. The Kier molecular flexibility index (Phi) is 2.90. The molecule has 0 aliphatic heterocycles. The summed E-state index contributed by atoms with van der Waals surface area (Å²) >= 11 is 0. The standard InChI is InChI=1S/C10H19N5/c1-12-10-14-13-9(15(10)2)7-3-5-8(11)6-4-7/h7-8H,3-6,11H2,1-2H3,(H,12,14). The molecule has 1 aliphatic rings. The van der Waals surface area contributed by atoms with E-state index in [2.05, 4.69) is 15.5 Å². The van der Waals surface area contributed by atoms with Gasteiger partial charge < -0.3 is 15.6 Å². The van der Waals surface area contributed by atoms with Crippen molar-refractivity contribution in [2.24, 2.45) is 12.8 Å². The molecule has 0 spiro atoms. The molecular weight excluding hydrogens is 190 g/mol. The van der Waals surface area contributed by atoms with E-state index in [0.29, 0.717) is 12.0 Å². The highest BCUT2D eigenvalue weighted by Crippen LogP contribution is 2.31. The Labute approximate surface area is 90.1 Å². The van der Waals surface area contributed by atoms with Gasteiger partial charge in [-0.1, -0.05) is 0 Å². The van der Waals surface area contributed by atoms with Gasteiger partial charge in [0.2, 0.25) is 5.95 Å². The normalized spacial score (nSPS) is 26.6. The van der Waals surface area contributed by atoms with E-state index in [1.807, 2.05) is 18.7 Å². The average molecular weight is 209 g/mol. The summed E-state index contributed by atoms with van der Waals surface area (Å²) in [4.78, 5) is 0. The van der Waals surface area contributed by atoms with Gasteiger partial charge in [-0.2, -0.15) is 0 Å². The third-order valence-corrected chi connectivity index (χ3v) is 3.27. The van der Waals surface area contributed by atoms with Crippen LogP contribution in [0.1, 0.15) is 37.4 Å². The molecule has 5 nitrogen and oxygen atoms in total. The quantitative estimate of drug-likeness (QED) is 0.757. The van der Waals surface area contributed by atoms with Crippen LogP contribution in [0.15, 0.2) is 0 Å². The van der Waals surface area contributed by atoms with E-state index in [9.17, 15) is 0 Å². The van der Waals surface area contributed by atoms with Crippen molar-refractivity contribution in [1.29, 1.82) is 0 Å². The van der Waals surface area contributed by atoms with Gasteiger partial charge in [-0.3, -0.25) is 0 Å². The highest BCUT2D eigenvalue weighted by molar-refractivity contribution is 5.25. The molecule has 1 heterocycles. The van der Waals surface area contributed by atoms with Crippen LogP contribution >= 0.6 is 0 Å². The van der Waals surface area contributed by atoms with Gasteiger partial charge in [0, 0.05) is 26.1 Å². The van der Waals surface area contributed by atoms with Crippen molar-refractivity contribution >= 4 is 5.95 Å². The number of anilines is 1. The summed E-state index contributed by atoms with van der Waals surface area (Å²) in [5.41, 5.74) is 5.89. The molecular formula is C10H19N5. The molecule has 15 heavy (non-hydrogen) atoms. The van der Waals surface area contributed by atoms with E-state index in [1.165, 1.54) is 0 Å². The lowest BCUT2D eigenvalue weighted by Crippen LogP contribution is -2.26. The minimum Gasteiger partial charge on any atom is -0.357 e. The first-order chi connectivity index (χ1) is 7.22. The fourth-order valence-electron chi connectivity index (χ4n) is 2.29. The Morgan fingerprint density at radius 1 is 1.27 bits per heavy atom. The van der Waals surface area contributed by atoms with Gasteiger partial charge in [0.25, 0.3) is 0 Å². The molecule has 1 aromatic rings. The summed E-state index contributed by atoms with van der Waals surface area (Å²) in [6, 6.07) is 0.387. The Morgan fingerprint density at radius 2 is 1.93 bits per heavy atom. The van der Waals surface area contributed by atoms with Crippen molar-refractivity contribution < 1.29 is 0 Å². The van der Waals surface area contributed by atoms with Crippen molar-refractivity contribution in [2.75, 3.05) is 12.4 Å². The van der Waals surface area contributed by atoms with Crippen molar-refractivity contribution in [2.45, 2.75) is 37.6 Å². The SMILES string of the molecule is CNc1nnc(C2CCC(N)CC2)n1C. The minimum absolute atomic E-state index is 0.387. The van der Waals surface area contributed by atoms with Crippen molar-refractivity contribution in [3.63, 3.8) is 0 Å². The molecule has 3 N–H and O–H groups in total. The molecule has 0 unspecified atom stereocenters. The first kappa shape index (κ1) is 10.4. The van der Waals surface area contributed by atoms with Crippen molar-refractivity contribution in [1.82, 2.24) is 14.8 Å². The van der Waals surface area contributed by atoms with Crippen LogP contribution in [-0.2, 0) is 7.05 Å². The highest BCUT2D eigenvalue weighted by Gasteiger charge is 2.24. The zero-order chi connectivity index (χ0) is 10.8. The Bertz CT molecular complexity index is 325. The second-order valence-corrected chi connectivity index (χ2v) is 4.30. The molecule has 5 heteroatoms. The van der Waals surface area contributed by atoms with Crippen LogP contribution in [0.3, 0.4) is 0 Å². The van der Waals surface area contributed by atoms with Crippen LogP contribution in [0.4, 0.5) is 5.95 Å². The topological polar surface area (TPSA) is 68.8 Å². The van der Waals surface area contributed by atoms with Crippen molar-refractivity contribution in [3.8, 4) is 0 Å². The second-order valence-electron chi connectivity index (χ2n) is 4.30. The van der Waals surface area contributed by atoms with Gasteiger partial charge in [0.05, 0.1) is 0 Å². The maximum atomic E-state index is 5.89. The van der Waals surface area contributed by atoms with Gasteiger partial charge >= 0.3 is 0 Å². The van der Waals surface area contributed by atoms with Crippen LogP contribution in [-0.4, -0.2) is 27.9 Å². The number of rotatable bonds is 2. The third kappa shape index (κ3) is 1.97. The maximum absolute atomic E-state index is 5.89. The van der Waals surface area contributed by atoms with E-state index in [0.717, 1.165) is 37.5 Å². The number of hydrogen-bond acceptors (Lipinski definition) is 4. The highest BCUT2D eigenvalue weighted by atomic mass is 15.3. The maximum Gasteiger partial charge on any atom is 0.224 e. The van der Waals surface area contributed by atoms with Crippen LogP contribution in [0, 0.1) is 0 Å².